The number of aliphatic hydroxyl groups is 2. The molecule has 5 atom stereocenters. The van der Waals surface area contributed by atoms with E-state index in [-0.39, 0.29) is 25.7 Å². The Labute approximate surface area is 346 Å². The lowest BCUT2D eigenvalue weighted by Crippen LogP contribution is -2.34. The fourth-order valence-corrected chi connectivity index (χ4v) is 5.50. The molecule has 0 heterocycles. The van der Waals surface area contributed by atoms with Gasteiger partial charge in [0.1, 0.15) is 12.6 Å². The highest BCUT2D eigenvalue weighted by molar-refractivity contribution is 7.47. The largest absolute Gasteiger partial charge is 0.480 e. The van der Waals surface area contributed by atoms with E-state index >= 15 is 0 Å². The highest BCUT2D eigenvalue weighted by Crippen LogP contribution is 2.43. The van der Waals surface area contributed by atoms with Crippen LogP contribution in [0.4, 0.5) is 0 Å². The third kappa shape index (κ3) is 36.6. The minimum absolute atomic E-state index is 0.0500. The molecular weight excluding hydrogens is 765 g/mol. The van der Waals surface area contributed by atoms with Crippen LogP contribution < -0.4 is 5.73 Å². The Morgan fingerprint density at radius 1 is 0.655 bits per heavy atom. The van der Waals surface area contributed by atoms with E-state index in [0.717, 1.165) is 51.4 Å². The van der Waals surface area contributed by atoms with Gasteiger partial charge in [-0.15, -0.1) is 0 Å². The molecule has 0 radical (unpaired) electrons. The minimum Gasteiger partial charge on any atom is -0.480 e. The first-order chi connectivity index (χ1) is 27.9. The topological polar surface area (TPSA) is 212 Å². The number of phosphoric acid groups is 1. The van der Waals surface area contributed by atoms with E-state index in [9.17, 15) is 34.1 Å². The van der Waals surface area contributed by atoms with Crippen LogP contribution in [0, 0.1) is 0 Å². The Hall–Kier alpha value is -3.68. The first-order valence-corrected chi connectivity index (χ1v) is 22.0. The molecule has 0 rings (SSSR count). The van der Waals surface area contributed by atoms with Gasteiger partial charge in [-0.2, -0.15) is 0 Å². The molecule has 0 aliphatic carbocycles. The summed E-state index contributed by atoms with van der Waals surface area (Å²) in [5.41, 5.74) is 5.31. The number of nitrogens with two attached hydrogens (primary N) is 1. The highest BCUT2D eigenvalue weighted by atomic mass is 31.2. The van der Waals surface area contributed by atoms with Crippen molar-refractivity contribution >= 4 is 25.7 Å². The molecule has 0 saturated carbocycles. The number of esters is 2. The van der Waals surface area contributed by atoms with Gasteiger partial charge in [-0.05, 0) is 77.0 Å². The summed E-state index contributed by atoms with van der Waals surface area (Å²) in [6, 6.07) is -1.57. The van der Waals surface area contributed by atoms with Crippen LogP contribution in [-0.2, 0) is 37.5 Å². The van der Waals surface area contributed by atoms with Crippen molar-refractivity contribution in [2.24, 2.45) is 5.73 Å². The van der Waals surface area contributed by atoms with Crippen LogP contribution in [-0.4, -0.2) is 82.3 Å². The van der Waals surface area contributed by atoms with Gasteiger partial charge in [0.05, 0.1) is 25.4 Å². The second-order valence-electron chi connectivity index (χ2n) is 13.4. The van der Waals surface area contributed by atoms with Crippen molar-refractivity contribution < 1.29 is 57.7 Å². The molecule has 0 fully saturated rings. The maximum atomic E-state index is 12.6. The summed E-state index contributed by atoms with van der Waals surface area (Å²) in [7, 11) is -4.79. The normalized spacial score (nSPS) is 15.8. The lowest BCUT2D eigenvalue weighted by atomic mass is 10.1. The van der Waals surface area contributed by atoms with Crippen molar-refractivity contribution in [2.75, 3.05) is 19.8 Å². The number of aliphatic hydroxyl groups excluding tert-OH is 2. The second kappa shape index (κ2) is 37.6. The van der Waals surface area contributed by atoms with Crippen LogP contribution in [0.25, 0.3) is 0 Å². The Bertz CT molecular complexity index is 1380. The average molecular weight is 836 g/mol. The monoisotopic (exact) mass is 835 g/mol. The third-order valence-corrected chi connectivity index (χ3v) is 8.96. The standard InChI is InChI=1S/C44H70NO12P/c1-3-5-7-9-11-12-13-14-15-16-17-18-19-21-27-33-43(49)57-40(36-55-58(52,53)56-37-41(45)44(50)51)35-54-42(48)34-28-32-39(47)31-26-23-22-25-30-38(46)29-24-20-10-8-6-4-2/h5,7,11-12,14-15,17-18,20,22-26,30-31,38-41,46-47H,3-4,6,8-10,13,16,19,21,27-29,32-37,45H2,1-2H3,(H,50,51)(H,52,53)/b7-5-,12-11-,15-14-,18-17-,23-22+,24-20-,30-25+,31-26-/t38-,39-,40-,41+/m1/s1. The van der Waals surface area contributed by atoms with Gasteiger partial charge in [-0.3, -0.25) is 23.4 Å². The Kier molecular flexibility index (Phi) is 35.2. The van der Waals surface area contributed by atoms with Gasteiger partial charge in [-0.25, -0.2) is 4.57 Å². The van der Waals surface area contributed by atoms with Crippen LogP contribution in [0.3, 0.4) is 0 Å². The van der Waals surface area contributed by atoms with Crippen LogP contribution in [0.15, 0.2) is 97.2 Å². The quantitative estimate of drug-likeness (QED) is 0.0132. The molecular formula is C44H70NO12P. The number of carboxylic acid groups (broad SMARTS) is 1. The summed E-state index contributed by atoms with van der Waals surface area (Å²) in [6.07, 6.45) is 39.7. The zero-order valence-electron chi connectivity index (χ0n) is 34.6. The van der Waals surface area contributed by atoms with Crippen molar-refractivity contribution in [3.8, 4) is 0 Å². The molecule has 0 aromatic rings. The first-order valence-electron chi connectivity index (χ1n) is 20.5. The van der Waals surface area contributed by atoms with Crippen molar-refractivity contribution in [1.82, 2.24) is 0 Å². The van der Waals surface area contributed by atoms with E-state index in [2.05, 4.69) is 67.0 Å². The van der Waals surface area contributed by atoms with E-state index in [1.165, 1.54) is 12.8 Å². The van der Waals surface area contributed by atoms with Gasteiger partial charge in [0, 0.05) is 12.8 Å². The molecule has 0 aliphatic rings. The molecule has 0 aliphatic heterocycles. The molecule has 13 nitrogen and oxygen atoms in total. The van der Waals surface area contributed by atoms with Crippen molar-refractivity contribution in [1.29, 1.82) is 0 Å². The van der Waals surface area contributed by atoms with E-state index in [4.69, 9.17) is 24.8 Å². The number of hydrogen-bond acceptors (Lipinski definition) is 11. The summed E-state index contributed by atoms with van der Waals surface area (Å²) in [5, 5.41) is 29.1. The molecule has 14 heteroatoms. The fraction of sp³-hybridized carbons (Fsp3) is 0.568. The number of phosphoric ester groups is 1. The van der Waals surface area contributed by atoms with Crippen LogP contribution >= 0.6 is 7.82 Å². The lowest BCUT2D eigenvalue weighted by Gasteiger charge is -2.20. The van der Waals surface area contributed by atoms with Crippen molar-refractivity contribution in [2.45, 2.75) is 141 Å². The Balaban J connectivity index is 4.75. The van der Waals surface area contributed by atoms with Crippen LogP contribution in [0.5, 0.6) is 0 Å². The zero-order valence-corrected chi connectivity index (χ0v) is 35.5. The number of ether oxygens (including phenoxy) is 2. The molecule has 0 aromatic carbocycles. The summed E-state index contributed by atoms with van der Waals surface area (Å²) < 4.78 is 32.4. The molecule has 0 aromatic heterocycles. The molecule has 0 saturated heterocycles. The first kappa shape index (κ1) is 54.3. The summed E-state index contributed by atoms with van der Waals surface area (Å²) in [5.74, 6) is -2.72. The number of carboxylic acids is 1. The smallest absolute Gasteiger partial charge is 0.472 e. The number of carbonyl (C=O) groups is 3. The average Bonchev–Trinajstić information content (AvgIpc) is 3.19. The number of hydrogen-bond donors (Lipinski definition) is 5. The number of rotatable bonds is 36. The Morgan fingerprint density at radius 3 is 1.83 bits per heavy atom. The lowest BCUT2D eigenvalue weighted by molar-refractivity contribution is -0.161. The third-order valence-electron chi connectivity index (χ3n) is 8.01. The second-order valence-corrected chi connectivity index (χ2v) is 14.9. The minimum atomic E-state index is -4.79. The van der Waals surface area contributed by atoms with Gasteiger partial charge < -0.3 is 35.4 Å². The summed E-state index contributed by atoms with van der Waals surface area (Å²) in [4.78, 5) is 45.9. The van der Waals surface area contributed by atoms with E-state index in [1.807, 2.05) is 12.2 Å². The molecule has 328 valence electrons. The van der Waals surface area contributed by atoms with Gasteiger partial charge >= 0.3 is 25.7 Å². The summed E-state index contributed by atoms with van der Waals surface area (Å²) >= 11 is 0. The van der Waals surface area contributed by atoms with Gasteiger partial charge in [0.25, 0.3) is 0 Å². The molecule has 0 bridgehead atoms. The van der Waals surface area contributed by atoms with Crippen molar-refractivity contribution in [3.63, 3.8) is 0 Å². The van der Waals surface area contributed by atoms with E-state index in [1.54, 1.807) is 36.5 Å². The molecule has 1 unspecified atom stereocenters. The number of carbonyl (C=O) groups excluding carboxylic acids is 2. The Morgan fingerprint density at radius 2 is 1.21 bits per heavy atom. The van der Waals surface area contributed by atoms with Gasteiger partial charge in [0.2, 0.25) is 0 Å². The molecule has 0 spiro atoms. The molecule has 0 amide bonds. The van der Waals surface area contributed by atoms with Gasteiger partial charge in [0.15, 0.2) is 6.10 Å². The maximum Gasteiger partial charge on any atom is 0.472 e. The maximum absolute atomic E-state index is 12.6. The number of aliphatic carboxylic acids is 1. The number of allylic oxidation sites excluding steroid dienone is 13. The van der Waals surface area contributed by atoms with E-state index in [0.29, 0.717) is 12.8 Å². The van der Waals surface area contributed by atoms with Crippen molar-refractivity contribution in [3.05, 3.63) is 97.2 Å². The predicted octanol–water partition coefficient (Wildman–Crippen LogP) is 8.44. The summed E-state index contributed by atoms with van der Waals surface area (Å²) in [6.45, 7) is 2.30. The van der Waals surface area contributed by atoms with Crippen LogP contribution in [0.1, 0.15) is 117 Å². The SMILES string of the molecule is CC/C=C\C/C=C\C/C=C\C/C=C\CCCCC(=O)O[C@H](COC(=O)CCC[C@H](O)\C=C/C=C/C=C/[C@H](O)C/C=C\CCCCC)COP(=O)(O)OC[C@H](N)C(=O)O. The molecule has 58 heavy (non-hydrogen) atoms. The zero-order chi connectivity index (χ0) is 43.1. The fourth-order valence-electron chi connectivity index (χ4n) is 4.72. The predicted molar refractivity (Wildman–Crippen MR) is 229 cm³/mol. The number of unbranched alkanes of at least 4 members (excludes halogenated alkanes) is 5. The van der Waals surface area contributed by atoms with E-state index < -0.39 is 69.9 Å². The molecule has 6 N–H and O–H groups in total. The van der Waals surface area contributed by atoms with Gasteiger partial charge in [-0.1, -0.05) is 124 Å². The van der Waals surface area contributed by atoms with Crippen LogP contribution in [0.2, 0.25) is 0 Å². The highest BCUT2D eigenvalue weighted by Gasteiger charge is 2.28.